The van der Waals surface area contributed by atoms with Gasteiger partial charge in [0.15, 0.2) is 0 Å². The van der Waals surface area contributed by atoms with Gasteiger partial charge in [0.25, 0.3) is 5.91 Å². The normalized spacial score (nSPS) is 24.1. The van der Waals surface area contributed by atoms with Gasteiger partial charge in [0, 0.05) is 57.4 Å². The van der Waals surface area contributed by atoms with Gasteiger partial charge in [-0.1, -0.05) is 76.3 Å². The highest BCUT2D eigenvalue weighted by molar-refractivity contribution is 5.95. The molecule has 4 aliphatic rings. The summed E-state index contributed by atoms with van der Waals surface area (Å²) in [6.45, 7) is 8.48. The summed E-state index contributed by atoms with van der Waals surface area (Å²) in [5.74, 6) is -0.614. The van der Waals surface area contributed by atoms with E-state index in [0.717, 1.165) is 18.4 Å². The van der Waals surface area contributed by atoms with Crippen molar-refractivity contribution in [2.24, 2.45) is 28.6 Å². The zero-order chi connectivity index (χ0) is 34.1. The molecular formula is C37H52N6O5. The van der Waals surface area contributed by atoms with Crippen molar-refractivity contribution in [3.05, 3.63) is 53.9 Å². The molecule has 1 spiro atoms. The van der Waals surface area contributed by atoms with Gasteiger partial charge in [0.2, 0.25) is 17.7 Å². The Hall–Kier alpha value is -3.73. The molecule has 0 radical (unpaired) electrons. The molecule has 2 saturated carbocycles. The maximum atomic E-state index is 14.1. The maximum absolute atomic E-state index is 14.1. The van der Waals surface area contributed by atoms with E-state index in [9.17, 15) is 19.2 Å². The Bertz CT molecular complexity index is 1480. The quantitative estimate of drug-likeness (QED) is 0.359. The summed E-state index contributed by atoms with van der Waals surface area (Å²) in [4.78, 5) is 57.9. The molecule has 48 heavy (non-hydrogen) atoms. The molecule has 2 aromatic rings. The largest absolute Gasteiger partial charge is 0.376 e. The molecule has 3 heterocycles. The first-order chi connectivity index (χ1) is 23.0. The van der Waals surface area contributed by atoms with Crippen LogP contribution in [0.2, 0.25) is 0 Å². The van der Waals surface area contributed by atoms with Gasteiger partial charge in [-0.3, -0.25) is 23.9 Å². The number of aromatic nitrogens is 2. The summed E-state index contributed by atoms with van der Waals surface area (Å²) in [7, 11) is 1.56. The molecule has 0 unspecified atom stereocenters. The number of rotatable bonds is 12. The lowest BCUT2D eigenvalue weighted by molar-refractivity contribution is -0.152. The molecule has 1 aromatic carbocycles. The van der Waals surface area contributed by atoms with Crippen LogP contribution in [0.15, 0.2) is 42.7 Å². The van der Waals surface area contributed by atoms with Crippen LogP contribution in [0.4, 0.5) is 0 Å². The molecule has 2 aliphatic carbocycles. The Labute approximate surface area is 284 Å². The summed E-state index contributed by atoms with van der Waals surface area (Å²) in [6.07, 6.45) is 10.9. The molecule has 4 atom stereocenters. The molecule has 2 aliphatic heterocycles. The van der Waals surface area contributed by atoms with Crippen molar-refractivity contribution >= 4 is 23.6 Å². The predicted molar refractivity (Wildman–Crippen MR) is 181 cm³/mol. The van der Waals surface area contributed by atoms with Crippen LogP contribution in [0.5, 0.6) is 0 Å². The van der Waals surface area contributed by atoms with Gasteiger partial charge < -0.3 is 25.2 Å². The Kier molecular flexibility index (Phi) is 9.97. The summed E-state index contributed by atoms with van der Waals surface area (Å²) in [5, 5.41) is 10.1. The molecule has 11 heteroatoms. The van der Waals surface area contributed by atoms with E-state index in [1.165, 1.54) is 32.1 Å². The number of amides is 4. The van der Waals surface area contributed by atoms with Crippen molar-refractivity contribution in [3.63, 3.8) is 0 Å². The summed E-state index contributed by atoms with van der Waals surface area (Å²) in [6, 6.07) is 9.04. The molecular weight excluding hydrogens is 608 g/mol. The standard InChI is InChI=1S/C37H52N6O5/c1-25(48-16-15-26-11-7-5-8-12-26)31(33(45)38-4)40-32(44)30-21-41(22-37(30)23-42(24-37)35(47)29-17-36(29,2)3)34(46)28-18-39-43(20-28)19-27-13-9-6-10-14-27/h6,9-10,13-14,18,20,25-26,29-31H,5,7-8,11-12,15-17,19,21-24H2,1-4H3,(H,38,45)(H,40,44)/t25-,29-,30+,31+/m1/s1. The van der Waals surface area contributed by atoms with Gasteiger partial charge in [0.05, 0.1) is 30.3 Å². The minimum atomic E-state index is -0.878. The lowest BCUT2D eigenvalue weighted by Crippen LogP contribution is -2.65. The second-order valence-corrected chi connectivity index (χ2v) is 15.4. The smallest absolute Gasteiger partial charge is 0.257 e. The van der Waals surface area contributed by atoms with E-state index in [-0.39, 0.29) is 41.5 Å². The molecule has 0 bridgehead atoms. The van der Waals surface area contributed by atoms with E-state index in [1.54, 1.807) is 29.0 Å². The van der Waals surface area contributed by atoms with Gasteiger partial charge in [-0.15, -0.1) is 0 Å². The number of likely N-dealkylation sites (tertiary alicyclic amines) is 2. The number of ether oxygens (including phenoxy) is 1. The lowest BCUT2D eigenvalue weighted by Gasteiger charge is -2.50. The first kappa shape index (κ1) is 34.1. The van der Waals surface area contributed by atoms with Gasteiger partial charge in [0.1, 0.15) is 6.04 Å². The Balaban J connectivity index is 1.14. The fraction of sp³-hybridized carbons (Fsp3) is 0.649. The minimum Gasteiger partial charge on any atom is -0.376 e. The zero-order valence-corrected chi connectivity index (χ0v) is 29.0. The number of likely N-dealkylation sites (N-methyl/N-ethyl adjacent to an activating group) is 1. The van der Waals surface area contributed by atoms with Crippen LogP contribution >= 0.6 is 0 Å². The topological polar surface area (TPSA) is 126 Å². The number of hydrogen-bond acceptors (Lipinski definition) is 6. The molecule has 260 valence electrons. The number of hydrogen-bond donors (Lipinski definition) is 2. The third-order valence-corrected chi connectivity index (χ3v) is 11.4. The molecule has 4 fully saturated rings. The van der Waals surface area contributed by atoms with Crippen LogP contribution in [-0.2, 0) is 25.7 Å². The number of nitrogens with one attached hydrogen (secondary N) is 2. The van der Waals surface area contributed by atoms with Crippen molar-refractivity contribution in [1.29, 1.82) is 0 Å². The van der Waals surface area contributed by atoms with Crippen LogP contribution in [0.1, 0.15) is 81.6 Å². The maximum Gasteiger partial charge on any atom is 0.257 e. The van der Waals surface area contributed by atoms with Crippen LogP contribution in [0, 0.1) is 28.6 Å². The highest BCUT2D eigenvalue weighted by Gasteiger charge is 2.62. The summed E-state index contributed by atoms with van der Waals surface area (Å²) >= 11 is 0. The van der Waals surface area contributed by atoms with Crippen molar-refractivity contribution in [2.75, 3.05) is 39.8 Å². The second-order valence-electron chi connectivity index (χ2n) is 15.4. The fourth-order valence-corrected chi connectivity index (χ4v) is 8.10. The molecule has 2 saturated heterocycles. The molecule has 11 nitrogen and oxygen atoms in total. The highest BCUT2D eigenvalue weighted by atomic mass is 16.5. The summed E-state index contributed by atoms with van der Waals surface area (Å²) in [5.41, 5.74) is 0.944. The van der Waals surface area contributed by atoms with Crippen molar-refractivity contribution < 1.29 is 23.9 Å². The lowest BCUT2D eigenvalue weighted by atomic mass is 9.70. The second kappa shape index (κ2) is 14.0. The number of carbonyl (C=O) groups is 4. The van der Waals surface area contributed by atoms with Gasteiger partial charge >= 0.3 is 0 Å². The average molecular weight is 661 g/mol. The average Bonchev–Trinajstić information content (AvgIpc) is 3.37. The first-order valence-electron chi connectivity index (χ1n) is 17.8. The van der Waals surface area contributed by atoms with Crippen LogP contribution < -0.4 is 10.6 Å². The third-order valence-electron chi connectivity index (χ3n) is 11.4. The van der Waals surface area contributed by atoms with E-state index in [4.69, 9.17) is 4.74 Å². The molecule has 1 aromatic heterocycles. The number of benzene rings is 1. The van der Waals surface area contributed by atoms with E-state index >= 15 is 0 Å². The monoisotopic (exact) mass is 660 g/mol. The van der Waals surface area contributed by atoms with Crippen molar-refractivity contribution in [2.45, 2.75) is 84.4 Å². The molecule has 4 amide bonds. The molecule has 2 N–H and O–H groups in total. The van der Waals surface area contributed by atoms with Gasteiger partial charge in [-0.2, -0.15) is 5.10 Å². The molecule has 6 rings (SSSR count). The zero-order valence-electron chi connectivity index (χ0n) is 29.0. The Morgan fingerprint density at radius 2 is 1.69 bits per heavy atom. The number of carbonyl (C=O) groups excluding carboxylic acids is 4. The Morgan fingerprint density at radius 3 is 2.35 bits per heavy atom. The predicted octanol–water partition coefficient (Wildman–Crippen LogP) is 3.48. The SMILES string of the molecule is CNC(=O)[C@@H](NC(=O)[C@@H]1CN(C(=O)c2cnn(Cc3ccccc3)c2)CC12CN(C(=O)[C@H]1CC1(C)C)C2)[C@@H](C)OCCC1CCCCC1. The van der Waals surface area contributed by atoms with E-state index in [1.807, 2.05) is 42.2 Å². The van der Waals surface area contributed by atoms with Gasteiger partial charge in [-0.05, 0) is 36.7 Å². The van der Waals surface area contributed by atoms with Crippen molar-refractivity contribution in [3.8, 4) is 0 Å². The van der Waals surface area contributed by atoms with Crippen LogP contribution in [0.25, 0.3) is 0 Å². The van der Waals surface area contributed by atoms with E-state index < -0.39 is 23.5 Å². The minimum absolute atomic E-state index is 0.000886. The van der Waals surface area contributed by atoms with E-state index in [2.05, 4.69) is 29.6 Å². The first-order valence-corrected chi connectivity index (χ1v) is 17.8. The van der Waals surface area contributed by atoms with Crippen LogP contribution in [-0.4, -0.2) is 95.2 Å². The third kappa shape index (κ3) is 7.31. The fourth-order valence-electron chi connectivity index (χ4n) is 8.10. The van der Waals surface area contributed by atoms with Gasteiger partial charge in [-0.25, -0.2) is 0 Å². The van der Waals surface area contributed by atoms with E-state index in [0.29, 0.717) is 44.3 Å². The highest BCUT2D eigenvalue weighted by Crippen LogP contribution is 2.54. The van der Waals surface area contributed by atoms with Crippen LogP contribution in [0.3, 0.4) is 0 Å². The van der Waals surface area contributed by atoms with Crippen molar-refractivity contribution in [1.82, 2.24) is 30.2 Å². The Morgan fingerprint density at radius 1 is 1.00 bits per heavy atom. The summed E-state index contributed by atoms with van der Waals surface area (Å²) < 4.78 is 7.89. The number of nitrogens with zero attached hydrogens (tertiary/aromatic N) is 4.